The van der Waals surface area contributed by atoms with E-state index in [1.165, 1.54) is 11.3 Å². The first kappa shape index (κ1) is 21.8. The lowest BCUT2D eigenvalue weighted by Gasteiger charge is -2.23. The van der Waals surface area contributed by atoms with E-state index in [0.717, 1.165) is 23.5 Å². The standard InChI is InChI=1S/C20H28N4O3S/c1-14-15(2)28-20(21-14)22-18(25)13-24(11-7-10-23(3)4)19(26)16-8-6-9-17(12-16)27-5/h6,8-9,12H,7,10-11,13H2,1-5H3,(H,21,22,25). The number of carbonyl (C=O) groups is 2. The molecule has 0 saturated heterocycles. The van der Waals surface area contributed by atoms with E-state index in [-0.39, 0.29) is 18.4 Å². The van der Waals surface area contributed by atoms with Gasteiger partial charge in [-0.3, -0.25) is 9.59 Å². The molecule has 1 aromatic carbocycles. The van der Waals surface area contributed by atoms with Gasteiger partial charge in [-0.25, -0.2) is 4.98 Å². The lowest BCUT2D eigenvalue weighted by atomic mass is 10.1. The van der Waals surface area contributed by atoms with Gasteiger partial charge in [-0.05, 0) is 59.1 Å². The fraction of sp³-hybridized carbons (Fsp3) is 0.450. The zero-order valence-corrected chi connectivity index (χ0v) is 17.9. The third kappa shape index (κ3) is 6.31. The highest BCUT2D eigenvalue weighted by atomic mass is 32.1. The Hall–Kier alpha value is -2.45. The molecule has 0 atom stereocenters. The summed E-state index contributed by atoms with van der Waals surface area (Å²) in [5, 5.41) is 3.36. The van der Waals surface area contributed by atoms with Crippen LogP contribution in [0.2, 0.25) is 0 Å². The number of benzene rings is 1. The number of nitrogens with zero attached hydrogens (tertiary/aromatic N) is 3. The van der Waals surface area contributed by atoms with E-state index in [0.29, 0.717) is 23.0 Å². The molecule has 0 bridgehead atoms. The molecule has 2 aromatic rings. The summed E-state index contributed by atoms with van der Waals surface area (Å²) < 4.78 is 5.21. The van der Waals surface area contributed by atoms with Gasteiger partial charge in [0.05, 0.1) is 12.8 Å². The number of carbonyl (C=O) groups excluding carboxylic acids is 2. The van der Waals surface area contributed by atoms with Crippen LogP contribution in [-0.4, -0.2) is 67.4 Å². The summed E-state index contributed by atoms with van der Waals surface area (Å²) >= 11 is 1.43. The minimum atomic E-state index is -0.255. The lowest BCUT2D eigenvalue weighted by Crippen LogP contribution is -2.39. The van der Waals surface area contributed by atoms with Gasteiger partial charge in [0.1, 0.15) is 12.3 Å². The fourth-order valence-electron chi connectivity index (χ4n) is 2.63. The summed E-state index contributed by atoms with van der Waals surface area (Å²) in [5.74, 6) is 0.159. The fourth-order valence-corrected chi connectivity index (χ4v) is 3.46. The lowest BCUT2D eigenvalue weighted by molar-refractivity contribution is -0.116. The van der Waals surface area contributed by atoms with Gasteiger partial charge in [0.2, 0.25) is 5.91 Å². The molecule has 0 aliphatic carbocycles. The first-order valence-electron chi connectivity index (χ1n) is 9.12. The molecule has 0 aliphatic heterocycles. The minimum Gasteiger partial charge on any atom is -0.497 e. The number of hydrogen-bond donors (Lipinski definition) is 1. The third-order valence-corrected chi connectivity index (χ3v) is 5.23. The predicted molar refractivity (Wildman–Crippen MR) is 112 cm³/mol. The summed E-state index contributed by atoms with van der Waals surface area (Å²) in [7, 11) is 5.52. The number of methoxy groups -OCH3 is 1. The molecule has 1 heterocycles. The molecule has 2 amide bonds. The van der Waals surface area contributed by atoms with Crippen LogP contribution in [0.1, 0.15) is 27.3 Å². The molecule has 1 N–H and O–H groups in total. The number of rotatable bonds is 9. The molecular formula is C20H28N4O3S. The quantitative estimate of drug-likeness (QED) is 0.696. The van der Waals surface area contributed by atoms with Gasteiger partial charge in [-0.15, -0.1) is 11.3 Å². The maximum atomic E-state index is 13.0. The van der Waals surface area contributed by atoms with E-state index in [4.69, 9.17) is 4.74 Å². The second-order valence-corrected chi connectivity index (χ2v) is 8.03. The minimum absolute atomic E-state index is 0.0266. The van der Waals surface area contributed by atoms with Gasteiger partial charge < -0.3 is 19.9 Å². The number of hydrogen-bond acceptors (Lipinski definition) is 6. The van der Waals surface area contributed by atoms with E-state index in [2.05, 4.69) is 15.2 Å². The van der Waals surface area contributed by atoms with Crippen molar-refractivity contribution in [1.82, 2.24) is 14.8 Å². The van der Waals surface area contributed by atoms with Crippen molar-refractivity contribution in [2.45, 2.75) is 20.3 Å². The number of thiazole rings is 1. The zero-order chi connectivity index (χ0) is 20.7. The van der Waals surface area contributed by atoms with E-state index in [1.807, 2.05) is 27.9 Å². The smallest absolute Gasteiger partial charge is 0.254 e. The number of aromatic nitrogens is 1. The van der Waals surface area contributed by atoms with Gasteiger partial charge in [0.25, 0.3) is 5.91 Å². The van der Waals surface area contributed by atoms with E-state index < -0.39 is 0 Å². The van der Waals surface area contributed by atoms with E-state index >= 15 is 0 Å². The van der Waals surface area contributed by atoms with Crippen LogP contribution in [0.15, 0.2) is 24.3 Å². The first-order chi connectivity index (χ1) is 13.3. The Kier molecular flexibility index (Phi) is 7.95. The largest absolute Gasteiger partial charge is 0.497 e. The maximum absolute atomic E-state index is 13.0. The number of amides is 2. The summed E-state index contributed by atoms with van der Waals surface area (Å²) in [6.07, 6.45) is 0.769. The Morgan fingerprint density at radius 3 is 2.57 bits per heavy atom. The Morgan fingerprint density at radius 2 is 1.96 bits per heavy atom. The molecular weight excluding hydrogens is 376 g/mol. The molecule has 152 valence electrons. The molecule has 2 rings (SSSR count). The Balaban J connectivity index is 2.10. The van der Waals surface area contributed by atoms with Gasteiger partial charge in [-0.2, -0.15) is 0 Å². The van der Waals surface area contributed by atoms with Crippen molar-refractivity contribution < 1.29 is 14.3 Å². The third-order valence-electron chi connectivity index (χ3n) is 4.25. The van der Waals surface area contributed by atoms with Crippen molar-refractivity contribution in [3.63, 3.8) is 0 Å². The maximum Gasteiger partial charge on any atom is 0.254 e. The van der Waals surface area contributed by atoms with Gasteiger partial charge in [-0.1, -0.05) is 6.07 Å². The molecule has 28 heavy (non-hydrogen) atoms. The van der Waals surface area contributed by atoms with E-state index in [1.54, 1.807) is 36.3 Å². The average Bonchev–Trinajstić information content (AvgIpc) is 2.97. The summed E-state index contributed by atoms with van der Waals surface area (Å²) in [4.78, 5) is 34.5. The van der Waals surface area contributed by atoms with Crippen LogP contribution in [0.3, 0.4) is 0 Å². The molecule has 0 unspecified atom stereocenters. The van der Waals surface area contributed by atoms with Crippen molar-refractivity contribution in [3.8, 4) is 5.75 Å². The zero-order valence-electron chi connectivity index (χ0n) is 17.1. The summed E-state index contributed by atoms with van der Waals surface area (Å²) in [5.41, 5.74) is 1.40. The van der Waals surface area contributed by atoms with Crippen molar-refractivity contribution in [3.05, 3.63) is 40.4 Å². The van der Waals surface area contributed by atoms with Crippen LogP contribution in [0, 0.1) is 13.8 Å². The normalized spacial score (nSPS) is 10.8. The summed E-state index contributed by atoms with van der Waals surface area (Å²) in [6.45, 7) is 5.15. The average molecular weight is 405 g/mol. The van der Waals surface area contributed by atoms with Gasteiger partial charge in [0, 0.05) is 17.0 Å². The molecule has 0 fully saturated rings. The van der Waals surface area contributed by atoms with Crippen LogP contribution in [-0.2, 0) is 4.79 Å². The highest BCUT2D eigenvalue weighted by Crippen LogP contribution is 2.21. The number of anilines is 1. The van der Waals surface area contributed by atoms with Crippen molar-refractivity contribution in [2.24, 2.45) is 0 Å². The molecule has 0 saturated carbocycles. The number of ether oxygens (including phenoxy) is 1. The highest BCUT2D eigenvalue weighted by molar-refractivity contribution is 7.15. The Labute approximate surface area is 170 Å². The second kappa shape index (κ2) is 10.2. The van der Waals surface area contributed by atoms with Crippen LogP contribution in [0.25, 0.3) is 0 Å². The molecule has 0 radical (unpaired) electrons. The molecule has 0 spiro atoms. The van der Waals surface area contributed by atoms with Crippen LogP contribution in [0.4, 0.5) is 5.13 Å². The van der Waals surface area contributed by atoms with Gasteiger partial charge >= 0.3 is 0 Å². The molecule has 0 aliphatic rings. The van der Waals surface area contributed by atoms with Crippen molar-refractivity contribution in [1.29, 1.82) is 0 Å². The number of nitrogens with one attached hydrogen (secondary N) is 1. The van der Waals surface area contributed by atoms with Crippen LogP contribution < -0.4 is 10.1 Å². The molecule has 1 aromatic heterocycles. The SMILES string of the molecule is COc1cccc(C(=O)N(CCCN(C)C)CC(=O)Nc2nc(C)c(C)s2)c1. The topological polar surface area (TPSA) is 74.8 Å². The number of aryl methyl sites for hydroxylation is 2. The van der Waals surface area contributed by atoms with Crippen molar-refractivity contribution >= 4 is 28.3 Å². The Morgan fingerprint density at radius 1 is 1.21 bits per heavy atom. The monoisotopic (exact) mass is 404 g/mol. The van der Waals surface area contributed by atoms with E-state index in [9.17, 15) is 9.59 Å². The highest BCUT2D eigenvalue weighted by Gasteiger charge is 2.20. The van der Waals surface area contributed by atoms with Crippen LogP contribution >= 0.6 is 11.3 Å². The first-order valence-corrected chi connectivity index (χ1v) is 9.93. The summed E-state index contributed by atoms with van der Waals surface area (Å²) in [6, 6.07) is 6.97. The Bertz CT molecular complexity index is 800. The molecule has 8 heteroatoms. The van der Waals surface area contributed by atoms with Gasteiger partial charge in [0.15, 0.2) is 5.13 Å². The molecule has 7 nitrogen and oxygen atoms in total. The predicted octanol–water partition coefficient (Wildman–Crippen LogP) is 2.80. The second-order valence-electron chi connectivity index (χ2n) is 6.82. The van der Waals surface area contributed by atoms with Crippen LogP contribution in [0.5, 0.6) is 5.75 Å². The van der Waals surface area contributed by atoms with Crippen molar-refractivity contribution in [2.75, 3.05) is 46.2 Å².